The second-order valence-corrected chi connectivity index (χ2v) is 10.3. The molecule has 5 rings (SSSR count). The molecule has 4 aromatic carbocycles. The van der Waals surface area contributed by atoms with Gasteiger partial charge in [-0.05, 0) is 84.5 Å². The highest BCUT2D eigenvalue weighted by Gasteiger charge is 2.33. The maximum absolute atomic E-state index is 5.83. The third kappa shape index (κ3) is 7.22. The molecule has 0 atom stereocenters. The van der Waals surface area contributed by atoms with Gasteiger partial charge >= 0.3 is 0 Å². The maximum Gasteiger partial charge on any atom is 0.0564 e. The fourth-order valence-electron chi connectivity index (χ4n) is 4.49. The maximum atomic E-state index is 5.83. The zero-order valence-corrected chi connectivity index (χ0v) is 21.6. The third-order valence-electron chi connectivity index (χ3n) is 6.76. The number of rotatable bonds is 12. The van der Waals surface area contributed by atoms with Crippen LogP contribution in [0.5, 0.6) is 0 Å². The summed E-state index contributed by atoms with van der Waals surface area (Å²) < 4.78 is 11.1. The van der Waals surface area contributed by atoms with Gasteiger partial charge in [0, 0.05) is 34.8 Å². The number of hydrogen-bond acceptors (Lipinski definition) is 4. The SMILES string of the molecule is CC1(COCCCCc2ccc(Nc3ccc(-c4ccc(Nc5ccccc5)cc4)cc3)cc2)COC1. The molecule has 0 aliphatic carbocycles. The molecule has 0 amide bonds. The van der Waals surface area contributed by atoms with Crippen molar-refractivity contribution >= 4 is 22.7 Å². The van der Waals surface area contributed by atoms with Crippen LogP contribution in [0.2, 0.25) is 0 Å². The zero-order valence-electron chi connectivity index (χ0n) is 21.6. The van der Waals surface area contributed by atoms with Crippen molar-refractivity contribution in [3.05, 3.63) is 109 Å². The lowest BCUT2D eigenvalue weighted by Crippen LogP contribution is -2.43. The summed E-state index contributed by atoms with van der Waals surface area (Å²) in [4.78, 5) is 0. The van der Waals surface area contributed by atoms with E-state index >= 15 is 0 Å². The van der Waals surface area contributed by atoms with E-state index in [2.05, 4.69) is 102 Å². The van der Waals surface area contributed by atoms with Gasteiger partial charge in [-0.3, -0.25) is 0 Å². The molecule has 0 aromatic heterocycles. The van der Waals surface area contributed by atoms with Crippen LogP contribution < -0.4 is 10.6 Å². The molecule has 1 fully saturated rings. The first kappa shape index (κ1) is 25.1. The summed E-state index contributed by atoms with van der Waals surface area (Å²) in [6, 6.07) is 36.1. The van der Waals surface area contributed by atoms with Crippen molar-refractivity contribution in [2.45, 2.75) is 26.2 Å². The van der Waals surface area contributed by atoms with Crippen LogP contribution in [0.1, 0.15) is 25.3 Å². The molecular weight excluding hydrogens is 456 g/mol. The van der Waals surface area contributed by atoms with Crippen molar-refractivity contribution in [2.24, 2.45) is 5.41 Å². The summed E-state index contributed by atoms with van der Waals surface area (Å²) in [7, 11) is 0. The summed E-state index contributed by atoms with van der Waals surface area (Å²) in [5.74, 6) is 0. The van der Waals surface area contributed by atoms with Gasteiger partial charge in [-0.15, -0.1) is 0 Å². The van der Waals surface area contributed by atoms with E-state index in [1.807, 2.05) is 18.2 Å². The molecule has 0 unspecified atom stereocenters. The fourth-order valence-corrected chi connectivity index (χ4v) is 4.49. The van der Waals surface area contributed by atoms with Gasteiger partial charge in [0.05, 0.1) is 19.8 Å². The van der Waals surface area contributed by atoms with Crippen LogP contribution in [0.15, 0.2) is 103 Å². The van der Waals surface area contributed by atoms with Crippen LogP contribution in [0.4, 0.5) is 22.7 Å². The zero-order chi connectivity index (χ0) is 25.3. The van der Waals surface area contributed by atoms with E-state index in [0.29, 0.717) is 0 Å². The first-order valence-corrected chi connectivity index (χ1v) is 13.2. The van der Waals surface area contributed by atoms with E-state index in [-0.39, 0.29) is 5.41 Å². The highest BCUT2D eigenvalue weighted by Crippen LogP contribution is 2.27. The van der Waals surface area contributed by atoms with Crippen molar-refractivity contribution in [3.8, 4) is 11.1 Å². The molecule has 0 spiro atoms. The Bertz CT molecular complexity index is 1230. The molecular formula is C33H36N2O2. The Balaban J connectivity index is 1.06. The fraction of sp³-hybridized carbons (Fsp3) is 0.273. The molecule has 4 heteroatoms. The van der Waals surface area contributed by atoms with Crippen LogP contribution in [0, 0.1) is 5.41 Å². The molecule has 4 aromatic rings. The summed E-state index contributed by atoms with van der Waals surface area (Å²) in [5.41, 5.74) is 8.37. The molecule has 190 valence electrons. The topological polar surface area (TPSA) is 42.5 Å². The van der Waals surface area contributed by atoms with Gasteiger partial charge in [0.25, 0.3) is 0 Å². The predicted octanol–water partition coefficient (Wildman–Crippen LogP) is 8.22. The van der Waals surface area contributed by atoms with Crippen molar-refractivity contribution in [2.75, 3.05) is 37.1 Å². The van der Waals surface area contributed by atoms with Crippen molar-refractivity contribution < 1.29 is 9.47 Å². The molecule has 1 heterocycles. The number of nitrogens with one attached hydrogen (secondary N) is 2. The summed E-state index contributed by atoms with van der Waals surface area (Å²) in [5, 5.41) is 6.95. The van der Waals surface area contributed by atoms with E-state index in [4.69, 9.17) is 9.47 Å². The van der Waals surface area contributed by atoms with Gasteiger partial charge in [-0.1, -0.05) is 61.5 Å². The minimum absolute atomic E-state index is 0.245. The number of hydrogen-bond donors (Lipinski definition) is 2. The first-order chi connectivity index (χ1) is 18.2. The number of aryl methyl sites for hydroxylation is 1. The molecule has 1 aliphatic rings. The van der Waals surface area contributed by atoms with Gasteiger partial charge < -0.3 is 20.1 Å². The minimum Gasteiger partial charge on any atom is -0.381 e. The monoisotopic (exact) mass is 492 g/mol. The lowest BCUT2D eigenvalue weighted by Gasteiger charge is -2.37. The van der Waals surface area contributed by atoms with E-state index in [0.717, 1.165) is 68.4 Å². The van der Waals surface area contributed by atoms with Gasteiger partial charge in [0.1, 0.15) is 0 Å². The van der Waals surface area contributed by atoms with Crippen LogP contribution in [0.3, 0.4) is 0 Å². The van der Waals surface area contributed by atoms with Gasteiger partial charge in [0.2, 0.25) is 0 Å². The van der Waals surface area contributed by atoms with Crippen molar-refractivity contribution in [1.82, 2.24) is 0 Å². The Morgan fingerprint density at radius 2 is 1.16 bits per heavy atom. The summed E-state index contributed by atoms with van der Waals surface area (Å²) >= 11 is 0. The molecule has 0 bridgehead atoms. The number of anilines is 4. The molecule has 2 N–H and O–H groups in total. The average molecular weight is 493 g/mol. The van der Waals surface area contributed by atoms with Gasteiger partial charge in [-0.2, -0.15) is 0 Å². The highest BCUT2D eigenvalue weighted by molar-refractivity contribution is 5.71. The first-order valence-electron chi connectivity index (χ1n) is 13.2. The number of benzene rings is 4. The Morgan fingerprint density at radius 1 is 0.649 bits per heavy atom. The average Bonchev–Trinajstić information content (AvgIpc) is 2.92. The second kappa shape index (κ2) is 12.1. The standard InChI is InChI=1S/C33H36N2O2/c1-33(24-37-25-33)23-36-22-6-5-7-26-10-16-30(17-11-26)35-32-20-14-28(15-21-32)27-12-18-31(19-13-27)34-29-8-3-2-4-9-29/h2-4,8-21,34-35H,5-7,22-25H2,1H3. The third-order valence-corrected chi connectivity index (χ3v) is 6.76. The number of unbranched alkanes of at least 4 members (excludes halogenated alkanes) is 1. The van der Waals surface area contributed by atoms with E-state index < -0.39 is 0 Å². The van der Waals surface area contributed by atoms with E-state index in [9.17, 15) is 0 Å². The Labute approximate surface area is 220 Å². The van der Waals surface area contributed by atoms with Crippen molar-refractivity contribution in [1.29, 1.82) is 0 Å². The van der Waals surface area contributed by atoms with Crippen LogP contribution >= 0.6 is 0 Å². The Morgan fingerprint density at radius 3 is 1.68 bits per heavy atom. The largest absolute Gasteiger partial charge is 0.381 e. The Kier molecular flexibility index (Phi) is 8.19. The number of para-hydroxylation sites is 1. The minimum atomic E-state index is 0.245. The van der Waals surface area contributed by atoms with Gasteiger partial charge in [0.15, 0.2) is 0 Å². The highest BCUT2D eigenvalue weighted by atomic mass is 16.5. The summed E-state index contributed by atoms with van der Waals surface area (Å²) in [6.45, 7) is 5.54. The van der Waals surface area contributed by atoms with Gasteiger partial charge in [-0.25, -0.2) is 0 Å². The normalized spacial score (nSPS) is 14.1. The number of ether oxygens (including phenoxy) is 2. The lowest BCUT2D eigenvalue weighted by molar-refractivity contribution is -0.137. The smallest absolute Gasteiger partial charge is 0.0564 e. The second-order valence-electron chi connectivity index (χ2n) is 10.3. The molecule has 1 aliphatic heterocycles. The molecule has 1 saturated heterocycles. The molecule has 0 radical (unpaired) electrons. The molecule has 37 heavy (non-hydrogen) atoms. The predicted molar refractivity (Wildman–Crippen MR) is 154 cm³/mol. The molecule has 4 nitrogen and oxygen atoms in total. The van der Waals surface area contributed by atoms with E-state index in [1.165, 1.54) is 16.7 Å². The quantitative estimate of drug-likeness (QED) is 0.196. The van der Waals surface area contributed by atoms with E-state index in [1.54, 1.807) is 0 Å². The summed E-state index contributed by atoms with van der Waals surface area (Å²) in [6.07, 6.45) is 3.32. The van der Waals surface area contributed by atoms with Crippen LogP contribution in [-0.4, -0.2) is 26.4 Å². The Hall–Kier alpha value is -3.60. The lowest BCUT2D eigenvalue weighted by atomic mass is 9.90. The van der Waals surface area contributed by atoms with Crippen LogP contribution in [-0.2, 0) is 15.9 Å². The van der Waals surface area contributed by atoms with Crippen LogP contribution in [0.25, 0.3) is 11.1 Å². The molecule has 0 saturated carbocycles. The van der Waals surface area contributed by atoms with Crippen molar-refractivity contribution in [3.63, 3.8) is 0 Å².